The highest BCUT2D eigenvalue weighted by atomic mass is 15.0. The number of aromatic amines is 1. The number of nitrogens with one attached hydrogen (secondary N) is 1. The molecule has 2 aliphatic rings. The van der Waals surface area contributed by atoms with Gasteiger partial charge in [-0.05, 0) is 43.2 Å². The first-order valence-corrected chi connectivity index (χ1v) is 6.26. The summed E-state index contributed by atoms with van der Waals surface area (Å²) in [4.78, 5) is 12.6. The normalized spacial score (nSPS) is 21.2. The summed E-state index contributed by atoms with van der Waals surface area (Å²) in [6.45, 7) is 0. The summed E-state index contributed by atoms with van der Waals surface area (Å²) in [6.07, 6.45) is 8.50. The summed E-state index contributed by atoms with van der Waals surface area (Å²) in [5, 5.41) is 0. The number of hydrogen-bond donors (Lipinski definition) is 1. The molecule has 3 heteroatoms. The third kappa shape index (κ3) is 1.20. The third-order valence-corrected chi connectivity index (χ3v) is 3.94. The molecule has 0 aliphatic heterocycles. The van der Waals surface area contributed by atoms with Crippen LogP contribution >= 0.6 is 0 Å². The molecule has 0 unspecified atom stereocenters. The van der Waals surface area contributed by atoms with E-state index in [9.17, 15) is 0 Å². The van der Waals surface area contributed by atoms with Crippen molar-refractivity contribution >= 4 is 11.2 Å². The minimum atomic E-state index is 0.668. The summed E-state index contributed by atoms with van der Waals surface area (Å²) >= 11 is 0. The largest absolute Gasteiger partial charge is 0.326 e. The number of hydrogen-bond acceptors (Lipinski definition) is 2. The van der Waals surface area contributed by atoms with Gasteiger partial charge in [-0.15, -0.1) is 0 Å². The Labute approximate surface area is 94.3 Å². The van der Waals surface area contributed by atoms with Crippen molar-refractivity contribution < 1.29 is 0 Å². The SMILES string of the molecule is c1cc(C2CC2)c2nc(C3CCC3)[nH]c2n1. The van der Waals surface area contributed by atoms with Crippen LogP contribution in [0, 0.1) is 0 Å². The lowest BCUT2D eigenvalue weighted by Gasteiger charge is -2.22. The van der Waals surface area contributed by atoms with Gasteiger partial charge in [-0.3, -0.25) is 0 Å². The van der Waals surface area contributed by atoms with Crippen LogP contribution < -0.4 is 0 Å². The maximum Gasteiger partial charge on any atom is 0.157 e. The second kappa shape index (κ2) is 3.06. The van der Waals surface area contributed by atoms with Crippen LogP contribution in [0.4, 0.5) is 0 Å². The molecule has 0 saturated heterocycles. The van der Waals surface area contributed by atoms with E-state index in [1.165, 1.54) is 43.5 Å². The van der Waals surface area contributed by atoms with Gasteiger partial charge in [-0.2, -0.15) is 0 Å². The predicted octanol–water partition coefficient (Wildman–Crippen LogP) is 3.10. The van der Waals surface area contributed by atoms with Crippen molar-refractivity contribution in [3.8, 4) is 0 Å². The number of aromatic nitrogens is 3. The van der Waals surface area contributed by atoms with Gasteiger partial charge in [-0.25, -0.2) is 9.97 Å². The summed E-state index contributed by atoms with van der Waals surface area (Å²) in [5.41, 5.74) is 3.53. The van der Waals surface area contributed by atoms with Gasteiger partial charge in [0.1, 0.15) is 11.3 Å². The van der Waals surface area contributed by atoms with Crippen molar-refractivity contribution in [3.63, 3.8) is 0 Å². The highest BCUT2D eigenvalue weighted by molar-refractivity contribution is 5.76. The lowest BCUT2D eigenvalue weighted by Crippen LogP contribution is -2.10. The molecule has 3 nitrogen and oxygen atoms in total. The van der Waals surface area contributed by atoms with E-state index in [4.69, 9.17) is 4.98 Å². The number of nitrogens with zero attached hydrogens (tertiary/aromatic N) is 2. The molecule has 0 radical (unpaired) electrons. The quantitative estimate of drug-likeness (QED) is 0.832. The Bertz CT molecular complexity index is 535. The lowest BCUT2D eigenvalue weighted by atomic mass is 9.85. The number of H-pyrrole nitrogens is 1. The van der Waals surface area contributed by atoms with Crippen LogP contribution in [-0.2, 0) is 0 Å². The average Bonchev–Trinajstić information content (AvgIpc) is 2.95. The monoisotopic (exact) mass is 213 g/mol. The van der Waals surface area contributed by atoms with Crippen LogP contribution in [0.15, 0.2) is 12.3 Å². The predicted molar refractivity (Wildman–Crippen MR) is 62.5 cm³/mol. The second-order valence-corrected chi connectivity index (χ2v) is 5.12. The topological polar surface area (TPSA) is 41.6 Å². The van der Waals surface area contributed by atoms with Gasteiger partial charge in [0.2, 0.25) is 0 Å². The van der Waals surface area contributed by atoms with Crippen LogP contribution in [0.25, 0.3) is 11.2 Å². The van der Waals surface area contributed by atoms with Crippen molar-refractivity contribution in [2.24, 2.45) is 0 Å². The Morgan fingerprint density at radius 3 is 2.69 bits per heavy atom. The molecule has 1 N–H and O–H groups in total. The summed E-state index contributed by atoms with van der Waals surface area (Å²) in [5.74, 6) is 2.59. The first-order chi connectivity index (χ1) is 7.92. The molecule has 2 saturated carbocycles. The maximum absolute atomic E-state index is 4.78. The molecule has 0 atom stereocenters. The maximum atomic E-state index is 4.78. The third-order valence-electron chi connectivity index (χ3n) is 3.94. The number of rotatable bonds is 2. The van der Waals surface area contributed by atoms with E-state index in [1.807, 2.05) is 6.20 Å². The van der Waals surface area contributed by atoms with E-state index in [1.54, 1.807) is 0 Å². The van der Waals surface area contributed by atoms with Crippen molar-refractivity contribution in [3.05, 3.63) is 23.7 Å². The summed E-state index contributed by atoms with van der Waals surface area (Å²) < 4.78 is 0. The fourth-order valence-corrected chi connectivity index (χ4v) is 2.55. The van der Waals surface area contributed by atoms with Crippen molar-refractivity contribution in [1.82, 2.24) is 15.0 Å². The van der Waals surface area contributed by atoms with E-state index in [2.05, 4.69) is 16.0 Å². The second-order valence-electron chi connectivity index (χ2n) is 5.12. The summed E-state index contributed by atoms with van der Waals surface area (Å²) in [7, 11) is 0. The highest BCUT2D eigenvalue weighted by Gasteiger charge is 2.28. The first kappa shape index (κ1) is 8.74. The van der Waals surface area contributed by atoms with E-state index in [-0.39, 0.29) is 0 Å². The van der Waals surface area contributed by atoms with E-state index < -0.39 is 0 Å². The standard InChI is InChI=1S/C13H15N3/c1-2-9(3-1)12-15-11-10(8-4-5-8)6-7-14-13(11)16-12/h6-9H,1-5H2,(H,14,15,16). The van der Waals surface area contributed by atoms with Crippen LogP contribution in [0.5, 0.6) is 0 Å². The van der Waals surface area contributed by atoms with E-state index in [0.29, 0.717) is 5.92 Å². The summed E-state index contributed by atoms with van der Waals surface area (Å²) in [6, 6.07) is 2.14. The molecule has 2 aliphatic carbocycles. The molecule has 2 fully saturated rings. The molecular weight excluding hydrogens is 198 g/mol. The van der Waals surface area contributed by atoms with Crippen LogP contribution in [0.2, 0.25) is 0 Å². The first-order valence-electron chi connectivity index (χ1n) is 6.26. The van der Waals surface area contributed by atoms with E-state index >= 15 is 0 Å². The van der Waals surface area contributed by atoms with Gasteiger partial charge in [-0.1, -0.05) is 6.42 Å². The fraction of sp³-hybridized carbons (Fsp3) is 0.538. The lowest BCUT2D eigenvalue weighted by molar-refractivity contribution is 0.404. The molecule has 0 bridgehead atoms. The van der Waals surface area contributed by atoms with Gasteiger partial charge in [0.15, 0.2) is 5.65 Å². The average molecular weight is 213 g/mol. The van der Waals surface area contributed by atoms with Gasteiger partial charge in [0.25, 0.3) is 0 Å². The number of fused-ring (bicyclic) bond motifs is 1. The van der Waals surface area contributed by atoms with Crippen LogP contribution in [-0.4, -0.2) is 15.0 Å². The Morgan fingerprint density at radius 1 is 1.12 bits per heavy atom. The van der Waals surface area contributed by atoms with Crippen LogP contribution in [0.1, 0.15) is 55.3 Å². The minimum Gasteiger partial charge on any atom is -0.326 e. The Kier molecular flexibility index (Phi) is 1.67. The number of pyridine rings is 1. The molecule has 2 heterocycles. The van der Waals surface area contributed by atoms with E-state index in [0.717, 1.165) is 17.1 Å². The smallest absolute Gasteiger partial charge is 0.157 e. The van der Waals surface area contributed by atoms with Crippen molar-refractivity contribution in [1.29, 1.82) is 0 Å². The zero-order valence-corrected chi connectivity index (χ0v) is 9.24. The van der Waals surface area contributed by atoms with Crippen LogP contribution in [0.3, 0.4) is 0 Å². The van der Waals surface area contributed by atoms with Gasteiger partial charge >= 0.3 is 0 Å². The Hall–Kier alpha value is -1.38. The minimum absolute atomic E-state index is 0.668. The number of imidazole rings is 1. The Balaban J connectivity index is 1.86. The van der Waals surface area contributed by atoms with Crippen molar-refractivity contribution in [2.75, 3.05) is 0 Å². The molecule has 4 rings (SSSR count). The molecule has 0 aromatic carbocycles. The van der Waals surface area contributed by atoms with Gasteiger partial charge in [0.05, 0.1) is 0 Å². The highest BCUT2D eigenvalue weighted by Crippen LogP contribution is 2.43. The zero-order valence-electron chi connectivity index (χ0n) is 9.24. The fourth-order valence-electron chi connectivity index (χ4n) is 2.55. The molecular formula is C13H15N3. The van der Waals surface area contributed by atoms with Crippen molar-refractivity contribution in [2.45, 2.75) is 43.9 Å². The van der Waals surface area contributed by atoms with Gasteiger partial charge < -0.3 is 4.98 Å². The molecule has 82 valence electrons. The molecule has 0 spiro atoms. The molecule has 16 heavy (non-hydrogen) atoms. The molecule has 0 amide bonds. The zero-order chi connectivity index (χ0) is 10.5. The molecule has 2 aromatic heterocycles. The molecule has 2 aromatic rings. The van der Waals surface area contributed by atoms with Gasteiger partial charge in [0, 0.05) is 12.1 Å². The Morgan fingerprint density at radius 2 is 2.00 bits per heavy atom.